The molecule has 0 aromatic heterocycles. The van der Waals surface area contributed by atoms with Crippen molar-refractivity contribution in [2.24, 2.45) is 0 Å². The van der Waals surface area contributed by atoms with Crippen LogP contribution in [0.4, 0.5) is 13.2 Å². The molecule has 0 heterocycles. The molecule has 0 aliphatic heterocycles. The molecule has 42 heavy (non-hydrogen) atoms. The Morgan fingerprint density at radius 2 is 1.17 bits per heavy atom. The zero-order chi connectivity index (χ0) is 31.0. The van der Waals surface area contributed by atoms with E-state index in [1.807, 2.05) is 12.1 Å². The molecule has 0 bridgehead atoms. The number of benzene rings is 3. The minimum absolute atomic E-state index is 0.121. The van der Waals surface area contributed by atoms with Gasteiger partial charge in [0.2, 0.25) is 13.6 Å². The Kier molecular flexibility index (Phi) is 13.0. The fourth-order valence-corrected chi connectivity index (χ4v) is 2.99. The lowest BCUT2D eigenvalue weighted by Crippen LogP contribution is -2.07. The number of ether oxygens (including phenoxy) is 4. The molecule has 216 valence electrons. The van der Waals surface area contributed by atoms with Gasteiger partial charge < -0.3 is 18.9 Å². The van der Waals surface area contributed by atoms with Crippen molar-refractivity contribution in [3.8, 4) is 35.2 Å². The lowest BCUT2D eigenvalue weighted by Gasteiger charge is -2.10. The Labute approximate surface area is 242 Å². The number of hydrogen-bond acceptors (Lipinski definition) is 6. The summed E-state index contributed by atoms with van der Waals surface area (Å²) in [5, 5.41) is 0. The van der Waals surface area contributed by atoms with Gasteiger partial charge in [0.25, 0.3) is 0 Å². The van der Waals surface area contributed by atoms with Crippen LogP contribution in [0.1, 0.15) is 34.7 Å². The van der Waals surface area contributed by atoms with Crippen LogP contribution in [0, 0.1) is 30.6 Å². The van der Waals surface area contributed by atoms with E-state index in [0.717, 1.165) is 23.8 Å². The van der Waals surface area contributed by atoms with Gasteiger partial charge in [-0.05, 0) is 80.1 Å². The maximum Gasteiger partial charge on any atom is 0.416 e. The summed E-state index contributed by atoms with van der Waals surface area (Å²) in [5.74, 6) is 11.2. The smallest absolute Gasteiger partial charge is 0.416 e. The summed E-state index contributed by atoms with van der Waals surface area (Å²) in [4.78, 5) is 21.6. The van der Waals surface area contributed by atoms with Gasteiger partial charge >= 0.3 is 18.1 Å². The molecule has 3 aromatic carbocycles. The lowest BCUT2D eigenvalue weighted by atomic mass is 10.0. The van der Waals surface area contributed by atoms with Crippen LogP contribution in [-0.2, 0) is 25.2 Å². The van der Waals surface area contributed by atoms with Gasteiger partial charge in [0.05, 0.1) is 5.56 Å². The highest BCUT2D eigenvalue weighted by molar-refractivity contribution is 5.81. The van der Waals surface area contributed by atoms with Crippen molar-refractivity contribution in [1.82, 2.24) is 0 Å². The van der Waals surface area contributed by atoms with Gasteiger partial charge in [-0.15, -0.1) is 5.92 Å². The summed E-state index contributed by atoms with van der Waals surface area (Å²) >= 11 is 0. The fraction of sp³-hybridized carbons (Fsp3) is 0.152. The van der Waals surface area contributed by atoms with E-state index in [1.54, 1.807) is 49.4 Å². The first-order chi connectivity index (χ1) is 20.0. The minimum atomic E-state index is -4.41. The second kappa shape index (κ2) is 16.6. The highest BCUT2D eigenvalue weighted by atomic mass is 19.4. The summed E-state index contributed by atoms with van der Waals surface area (Å²) < 4.78 is 58.5. The summed E-state index contributed by atoms with van der Waals surface area (Å²) in [6, 6.07) is 17.7. The zero-order valence-corrected chi connectivity index (χ0v) is 22.9. The number of hydrogen-bond donors (Lipinski definition) is 0. The van der Waals surface area contributed by atoms with Crippen molar-refractivity contribution in [3.63, 3.8) is 0 Å². The molecule has 0 unspecified atom stereocenters. The summed E-state index contributed by atoms with van der Waals surface area (Å²) in [5.41, 5.74) is 1.26. The molecule has 0 aliphatic carbocycles. The Balaban J connectivity index is 0.000000330. The topological polar surface area (TPSA) is 71.1 Å². The first-order valence-electron chi connectivity index (χ1n) is 12.2. The van der Waals surface area contributed by atoms with Gasteiger partial charge in [-0.3, -0.25) is 0 Å². The molecule has 6 nitrogen and oxygen atoms in total. The molecule has 0 saturated heterocycles. The highest BCUT2D eigenvalue weighted by Crippen LogP contribution is 2.32. The Morgan fingerprint density at radius 1 is 0.738 bits per heavy atom. The molecule has 0 aliphatic rings. The fourth-order valence-electron chi connectivity index (χ4n) is 2.99. The Morgan fingerprint density at radius 3 is 1.60 bits per heavy atom. The van der Waals surface area contributed by atoms with Crippen LogP contribution in [-0.4, -0.2) is 25.5 Å². The van der Waals surface area contributed by atoms with Gasteiger partial charge in [-0.1, -0.05) is 37.0 Å². The van der Waals surface area contributed by atoms with E-state index < -0.39 is 23.7 Å². The first-order valence-corrected chi connectivity index (χ1v) is 12.2. The second-order valence-corrected chi connectivity index (χ2v) is 8.06. The van der Waals surface area contributed by atoms with E-state index in [2.05, 4.69) is 46.3 Å². The van der Waals surface area contributed by atoms with Crippen molar-refractivity contribution >= 4 is 11.9 Å². The molecule has 0 spiro atoms. The van der Waals surface area contributed by atoms with E-state index in [0.29, 0.717) is 17.1 Å². The molecule has 9 heteroatoms. The molecule has 3 aromatic rings. The largest absolute Gasteiger partial charge is 0.457 e. The number of esters is 2. The van der Waals surface area contributed by atoms with E-state index in [-0.39, 0.29) is 24.7 Å². The van der Waals surface area contributed by atoms with Crippen molar-refractivity contribution in [3.05, 3.63) is 120 Å². The zero-order valence-electron chi connectivity index (χ0n) is 22.9. The van der Waals surface area contributed by atoms with Crippen molar-refractivity contribution in [1.29, 1.82) is 0 Å². The van der Waals surface area contributed by atoms with E-state index >= 15 is 0 Å². The predicted molar refractivity (Wildman–Crippen MR) is 151 cm³/mol. The number of aryl methyl sites for hydroxylation is 1. The second-order valence-electron chi connectivity index (χ2n) is 8.06. The van der Waals surface area contributed by atoms with Gasteiger partial charge in [0.15, 0.2) is 0 Å². The van der Waals surface area contributed by atoms with E-state index in [4.69, 9.17) is 9.47 Å². The van der Waals surface area contributed by atoms with Gasteiger partial charge in [-0.2, -0.15) is 13.2 Å². The first kappa shape index (κ1) is 32.8. The van der Waals surface area contributed by atoms with Crippen molar-refractivity contribution in [2.45, 2.75) is 20.0 Å². The number of rotatable bonds is 8. The SMILES string of the molecule is C=CC(=O)OCOc1ccc(C#CC)cc1.C=CC(=O)OCOc1ccc(C#Cc2ccc(C)c(C(F)(F)F)c2)cc1. The highest BCUT2D eigenvalue weighted by Gasteiger charge is 2.32. The molecule has 0 radical (unpaired) electrons. The van der Waals surface area contributed by atoms with Crippen LogP contribution in [0.25, 0.3) is 0 Å². The number of carbonyl (C=O) groups excluding carboxylic acids is 2. The Hall–Kier alpha value is -5.41. The monoisotopic (exact) mass is 576 g/mol. The Bertz CT molecular complexity index is 1500. The molecule has 0 atom stereocenters. The molecular formula is C33H27F3O6. The van der Waals surface area contributed by atoms with E-state index in [1.165, 1.54) is 13.0 Å². The van der Waals surface area contributed by atoms with Crippen molar-refractivity contribution in [2.75, 3.05) is 13.6 Å². The number of alkyl halides is 3. The third-order valence-corrected chi connectivity index (χ3v) is 5.06. The van der Waals surface area contributed by atoms with E-state index in [9.17, 15) is 22.8 Å². The van der Waals surface area contributed by atoms with Crippen LogP contribution < -0.4 is 9.47 Å². The van der Waals surface area contributed by atoms with Crippen LogP contribution in [0.3, 0.4) is 0 Å². The average molecular weight is 577 g/mol. The third kappa shape index (κ3) is 11.8. The number of halogens is 3. The van der Waals surface area contributed by atoms with Crippen LogP contribution in [0.2, 0.25) is 0 Å². The standard InChI is InChI=1S/C20H15F3O3.C13H12O3/c1-3-19(24)26-13-25-17-10-8-15(9-11-17)6-7-16-5-4-14(2)18(12-16)20(21,22)23;1-3-5-11-6-8-12(9-7-11)15-10-16-13(14)4-2/h3-5,8-12H,1,13H2,2H3;4,6-9H,2,10H2,1H3. The number of carbonyl (C=O) groups is 2. The molecule has 0 N–H and O–H groups in total. The minimum Gasteiger partial charge on any atom is -0.457 e. The van der Waals surface area contributed by atoms with Crippen LogP contribution >= 0.6 is 0 Å². The quantitative estimate of drug-likeness (QED) is 0.130. The maximum atomic E-state index is 12.9. The summed E-state index contributed by atoms with van der Waals surface area (Å²) in [6.07, 6.45) is -2.30. The van der Waals surface area contributed by atoms with Gasteiger partial charge in [0, 0.05) is 28.8 Å². The summed E-state index contributed by atoms with van der Waals surface area (Å²) in [6.45, 7) is 9.35. The lowest BCUT2D eigenvalue weighted by molar-refractivity contribution is -0.145. The maximum absolute atomic E-state index is 12.9. The third-order valence-electron chi connectivity index (χ3n) is 5.06. The molecule has 3 rings (SSSR count). The normalized spacial score (nSPS) is 9.74. The van der Waals surface area contributed by atoms with Gasteiger partial charge in [-0.25, -0.2) is 9.59 Å². The predicted octanol–water partition coefficient (Wildman–Crippen LogP) is 6.60. The van der Waals surface area contributed by atoms with Crippen LogP contribution in [0.5, 0.6) is 11.5 Å². The van der Waals surface area contributed by atoms with Gasteiger partial charge in [0.1, 0.15) is 11.5 Å². The summed E-state index contributed by atoms with van der Waals surface area (Å²) in [7, 11) is 0. The van der Waals surface area contributed by atoms with Crippen LogP contribution in [0.15, 0.2) is 92.0 Å². The van der Waals surface area contributed by atoms with Crippen molar-refractivity contribution < 1.29 is 41.7 Å². The molecule has 0 fully saturated rings. The molecular weight excluding hydrogens is 549 g/mol. The average Bonchev–Trinajstić information content (AvgIpc) is 2.98. The molecule has 0 saturated carbocycles. The molecule has 0 amide bonds.